The van der Waals surface area contributed by atoms with E-state index in [1.54, 1.807) is 19.4 Å². The lowest BCUT2D eigenvalue weighted by molar-refractivity contribution is 0.0778. The van der Waals surface area contributed by atoms with E-state index >= 15 is 0 Å². The quantitative estimate of drug-likeness (QED) is 0.299. The van der Waals surface area contributed by atoms with Gasteiger partial charge < -0.3 is 14.3 Å². The largest absolute Gasteiger partial charge is 0.493 e. The number of ether oxygens (including phenoxy) is 2. The zero-order valence-corrected chi connectivity index (χ0v) is 17.7. The van der Waals surface area contributed by atoms with Gasteiger partial charge in [-0.15, -0.1) is 11.3 Å². The molecule has 2 heterocycles. The lowest BCUT2D eigenvalue weighted by Crippen LogP contribution is -2.08. The highest BCUT2D eigenvalue weighted by Crippen LogP contribution is 2.27. The molecule has 0 aliphatic carbocycles. The highest BCUT2D eigenvalue weighted by molar-refractivity contribution is 7.12. The molecule has 0 unspecified atom stereocenters. The highest BCUT2D eigenvalue weighted by atomic mass is 32.1. The number of nitrogens with zero attached hydrogens (tertiary/aromatic N) is 3. The van der Waals surface area contributed by atoms with Gasteiger partial charge in [-0.2, -0.15) is 0 Å². The lowest BCUT2D eigenvalue weighted by Gasteiger charge is -2.09. The van der Waals surface area contributed by atoms with E-state index in [0.29, 0.717) is 23.7 Å². The summed E-state index contributed by atoms with van der Waals surface area (Å²) in [7, 11) is 1.58. The van der Waals surface area contributed by atoms with Crippen molar-refractivity contribution in [1.29, 1.82) is 0 Å². The number of aryl methyl sites for hydroxylation is 1. The molecule has 0 N–H and O–H groups in total. The van der Waals surface area contributed by atoms with Gasteiger partial charge in [-0.1, -0.05) is 5.16 Å². The molecule has 0 aliphatic rings. The van der Waals surface area contributed by atoms with Gasteiger partial charge in [0, 0.05) is 34.1 Å². The van der Waals surface area contributed by atoms with Gasteiger partial charge in [0.25, 0.3) is 0 Å². The van der Waals surface area contributed by atoms with E-state index in [4.69, 9.17) is 14.3 Å². The summed E-state index contributed by atoms with van der Waals surface area (Å²) in [5, 5.41) is 6.65. The van der Waals surface area contributed by atoms with Crippen molar-refractivity contribution in [1.82, 2.24) is 9.55 Å². The first-order valence-corrected chi connectivity index (χ1v) is 10.0. The summed E-state index contributed by atoms with van der Waals surface area (Å²) in [6.07, 6.45) is 3.28. The smallest absolute Gasteiger partial charge is 0.204 e. The van der Waals surface area contributed by atoms with Crippen LogP contribution in [0.3, 0.4) is 0 Å². The van der Waals surface area contributed by atoms with Gasteiger partial charge in [-0.25, -0.2) is 4.98 Å². The van der Waals surface area contributed by atoms with Crippen molar-refractivity contribution in [2.75, 3.05) is 20.3 Å². The van der Waals surface area contributed by atoms with Crippen LogP contribution >= 0.6 is 11.3 Å². The summed E-state index contributed by atoms with van der Waals surface area (Å²) in [5.74, 6) is 1.14. The summed E-state index contributed by atoms with van der Waals surface area (Å²) < 4.78 is 12.8. The van der Waals surface area contributed by atoms with Gasteiger partial charge in [-0.3, -0.25) is 9.36 Å². The molecule has 0 spiro atoms. The molecule has 152 valence electrons. The van der Waals surface area contributed by atoms with Gasteiger partial charge in [-0.05, 0) is 45.0 Å². The number of benzene rings is 1. The molecule has 2 aromatic heterocycles. The van der Waals surface area contributed by atoms with Crippen LogP contribution in [0.2, 0.25) is 0 Å². The molecule has 3 aromatic rings. The number of hydrogen-bond donors (Lipinski definition) is 0. The zero-order valence-electron chi connectivity index (χ0n) is 16.8. The standard InChI is InChI=1S/C21H23N3O4S/c1-5-27-19-7-6-16(11-20(19)26-4)12-23-28-13-18(25)17-10-14(2)24(15(17)3)21-22-8-9-29-21/h6-12H,5,13H2,1-4H3/b23-12+. The van der Waals surface area contributed by atoms with Crippen molar-refractivity contribution in [3.63, 3.8) is 0 Å². The zero-order chi connectivity index (χ0) is 20.8. The van der Waals surface area contributed by atoms with Crippen LogP contribution in [0, 0.1) is 13.8 Å². The fourth-order valence-electron chi connectivity index (χ4n) is 2.98. The maximum Gasteiger partial charge on any atom is 0.204 e. The predicted molar refractivity (Wildman–Crippen MR) is 113 cm³/mol. The molecule has 8 heteroatoms. The molecule has 0 fully saturated rings. The molecule has 0 bridgehead atoms. The monoisotopic (exact) mass is 413 g/mol. The van der Waals surface area contributed by atoms with Gasteiger partial charge in [0.15, 0.2) is 23.2 Å². The molecule has 0 atom stereocenters. The first-order chi connectivity index (χ1) is 14.0. The van der Waals surface area contributed by atoms with Crippen molar-refractivity contribution < 1.29 is 19.1 Å². The number of hydrogen-bond acceptors (Lipinski definition) is 7. The fraction of sp³-hybridized carbons (Fsp3) is 0.286. The number of methoxy groups -OCH3 is 1. The van der Waals surface area contributed by atoms with Crippen molar-refractivity contribution in [3.8, 4) is 16.6 Å². The van der Waals surface area contributed by atoms with Gasteiger partial charge in [0.2, 0.25) is 5.78 Å². The van der Waals surface area contributed by atoms with Crippen LogP contribution < -0.4 is 9.47 Å². The lowest BCUT2D eigenvalue weighted by atomic mass is 10.2. The third-order valence-corrected chi connectivity index (χ3v) is 5.06. The van der Waals surface area contributed by atoms with E-state index in [-0.39, 0.29) is 12.4 Å². The van der Waals surface area contributed by atoms with E-state index in [1.165, 1.54) is 17.6 Å². The minimum Gasteiger partial charge on any atom is -0.493 e. The Morgan fingerprint density at radius 1 is 1.28 bits per heavy atom. The summed E-state index contributed by atoms with van der Waals surface area (Å²) >= 11 is 1.52. The minimum absolute atomic E-state index is 0.137. The van der Waals surface area contributed by atoms with E-state index in [0.717, 1.165) is 22.1 Å². The molecule has 0 amide bonds. The number of carbonyl (C=O) groups excluding carboxylic acids is 1. The summed E-state index contributed by atoms with van der Waals surface area (Å²) in [4.78, 5) is 22.1. The van der Waals surface area contributed by atoms with Crippen molar-refractivity contribution >= 4 is 23.3 Å². The van der Waals surface area contributed by atoms with E-state index in [2.05, 4.69) is 10.1 Å². The first-order valence-electron chi connectivity index (χ1n) is 9.13. The molecular formula is C21H23N3O4S. The number of ketones is 1. The molecule has 7 nitrogen and oxygen atoms in total. The molecule has 0 aliphatic heterocycles. The summed E-state index contributed by atoms with van der Waals surface area (Å²) in [6.45, 7) is 6.17. The number of aromatic nitrogens is 2. The van der Waals surface area contributed by atoms with Crippen LogP contribution in [0.5, 0.6) is 11.5 Å². The normalized spacial score (nSPS) is 11.0. The second kappa shape index (κ2) is 9.38. The number of oxime groups is 1. The van der Waals surface area contributed by atoms with Crippen molar-refractivity contribution in [3.05, 3.63) is 58.4 Å². The van der Waals surface area contributed by atoms with Gasteiger partial charge >= 0.3 is 0 Å². The summed E-state index contributed by atoms with van der Waals surface area (Å²) in [5.41, 5.74) is 3.17. The fourth-order valence-corrected chi connectivity index (χ4v) is 3.73. The topological polar surface area (TPSA) is 74.9 Å². The number of thiazole rings is 1. The number of rotatable bonds is 9. The van der Waals surface area contributed by atoms with E-state index < -0.39 is 0 Å². The summed E-state index contributed by atoms with van der Waals surface area (Å²) in [6, 6.07) is 7.29. The average Bonchev–Trinajstić information content (AvgIpc) is 3.33. The molecule has 3 rings (SSSR count). The van der Waals surface area contributed by atoms with Gasteiger partial charge in [0.05, 0.1) is 19.9 Å². The Kier molecular flexibility index (Phi) is 6.66. The van der Waals surface area contributed by atoms with E-state index in [1.807, 2.05) is 48.9 Å². The highest BCUT2D eigenvalue weighted by Gasteiger charge is 2.18. The molecule has 0 saturated heterocycles. The Balaban J connectivity index is 1.64. The molecule has 1 aromatic carbocycles. The Morgan fingerprint density at radius 3 is 2.79 bits per heavy atom. The van der Waals surface area contributed by atoms with Crippen LogP contribution in [-0.2, 0) is 4.84 Å². The Hall–Kier alpha value is -3.13. The number of Topliss-reactive ketones (excluding diaryl/α,β-unsaturated/α-hetero) is 1. The third kappa shape index (κ3) is 4.65. The van der Waals surface area contributed by atoms with Crippen LogP contribution in [0.1, 0.15) is 34.2 Å². The molecule has 0 saturated carbocycles. The molecular weight excluding hydrogens is 390 g/mol. The predicted octanol–water partition coefficient (Wildman–Crippen LogP) is 4.19. The van der Waals surface area contributed by atoms with Crippen LogP contribution in [0.15, 0.2) is 41.0 Å². The molecule has 29 heavy (non-hydrogen) atoms. The second-order valence-corrected chi connectivity index (χ2v) is 7.08. The van der Waals surface area contributed by atoms with Crippen molar-refractivity contribution in [2.45, 2.75) is 20.8 Å². The number of carbonyl (C=O) groups is 1. The Labute approximate surface area is 173 Å². The second-order valence-electron chi connectivity index (χ2n) is 6.21. The molecule has 0 radical (unpaired) electrons. The van der Waals surface area contributed by atoms with Crippen LogP contribution in [-0.4, -0.2) is 41.9 Å². The Bertz CT molecular complexity index is 1010. The maximum absolute atomic E-state index is 12.6. The first kappa shape index (κ1) is 20.6. The Morgan fingerprint density at radius 2 is 2.10 bits per heavy atom. The van der Waals surface area contributed by atoms with E-state index in [9.17, 15) is 4.79 Å². The van der Waals surface area contributed by atoms with Crippen LogP contribution in [0.25, 0.3) is 5.13 Å². The van der Waals surface area contributed by atoms with Crippen LogP contribution in [0.4, 0.5) is 0 Å². The maximum atomic E-state index is 12.6. The minimum atomic E-state index is -0.146. The van der Waals surface area contributed by atoms with Gasteiger partial charge in [0.1, 0.15) is 0 Å². The third-order valence-electron chi connectivity index (χ3n) is 4.30. The SMILES string of the molecule is CCOc1ccc(/C=N/OCC(=O)c2cc(C)n(-c3nccs3)c2C)cc1OC. The average molecular weight is 413 g/mol. The van der Waals surface area contributed by atoms with Crippen molar-refractivity contribution in [2.24, 2.45) is 5.16 Å².